The largest absolute Gasteiger partial charge is 0.320 e. The molecule has 0 bridgehead atoms. The van der Waals surface area contributed by atoms with Gasteiger partial charge in [-0.25, -0.2) is 4.98 Å². The molecule has 2 atom stereocenters. The van der Waals surface area contributed by atoms with E-state index in [0.29, 0.717) is 36.0 Å². The number of ketones is 2. The summed E-state index contributed by atoms with van der Waals surface area (Å²) in [4.78, 5) is 37.4. The third-order valence-corrected chi connectivity index (χ3v) is 8.99. The average molecular weight is 498 g/mol. The summed E-state index contributed by atoms with van der Waals surface area (Å²) < 4.78 is 2.32. The number of imidazole rings is 1. The van der Waals surface area contributed by atoms with Crippen molar-refractivity contribution in [3.63, 3.8) is 0 Å². The monoisotopic (exact) mass is 497 g/mol. The lowest BCUT2D eigenvalue weighted by molar-refractivity contribution is 0.0944. The predicted octanol–water partition coefficient (Wildman–Crippen LogP) is 7.63. The van der Waals surface area contributed by atoms with Crippen molar-refractivity contribution in [2.45, 2.75) is 70.3 Å². The number of Topliss-reactive ketones (excluding diaryl/α,β-unsaturated/α-hetero) is 2. The van der Waals surface area contributed by atoms with Crippen LogP contribution in [0.4, 0.5) is 0 Å². The summed E-state index contributed by atoms with van der Waals surface area (Å²) in [5.74, 6) is 2.32. The number of carbonyl (C=O) groups excluding carboxylic acids is 2. The Balaban J connectivity index is 1.30. The maximum atomic E-state index is 13.1. The second-order valence-electron chi connectivity index (χ2n) is 10.3. The fourth-order valence-electron chi connectivity index (χ4n) is 5.66. The van der Waals surface area contributed by atoms with Gasteiger partial charge in [-0.15, -0.1) is 11.3 Å². The average Bonchev–Trinajstić information content (AvgIpc) is 3.51. The number of carbonyl (C=O) groups is 2. The first-order valence-electron chi connectivity index (χ1n) is 13.2. The van der Waals surface area contributed by atoms with Gasteiger partial charge in [0.1, 0.15) is 5.69 Å². The van der Waals surface area contributed by atoms with Gasteiger partial charge in [0, 0.05) is 35.5 Å². The van der Waals surface area contributed by atoms with Crippen LogP contribution in [0.5, 0.6) is 0 Å². The molecule has 2 saturated carbocycles. The van der Waals surface area contributed by atoms with E-state index in [2.05, 4.69) is 15.6 Å². The first-order valence-corrected chi connectivity index (χ1v) is 14.0. The molecule has 0 radical (unpaired) electrons. The summed E-state index contributed by atoms with van der Waals surface area (Å²) >= 11 is 1.71. The molecule has 36 heavy (non-hydrogen) atoms. The van der Waals surface area contributed by atoms with Gasteiger partial charge in [0.2, 0.25) is 0 Å². The van der Waals surface area contributed by atoms with Crippen LogP contribution >= 0.6 is 11.3 Å². The molecule has 3 aromatic heterocycles. The molecule has 0 amide bonds. The number of thiophene rings is 1. The van der Waals surface area contributed by atoms with Crippen molar-refractivity contribution in [1.29, 1.82) is 0 Å². The molecule has 6 rings (SSSR count). The van der Waals surface area contributed by atoms with E-state index in [9.17, 15) is 9.59 Å². The minimum Gasteiger partial charge on any atom is -0.320 e. The lowest BCUT2D eigenvalue weighted by Gasteiger charge is -2.31. The van der Waals surface area contributed by atoms with Crippen LogP contribution < -0.4 is 0 Å². The zero-order valence-corrected chi connectivity index (χ0v) is 21.5. The van der Waals surface area contributed by atoms with Gasteiger partial charge in [-0.1, -0.05) is 19.4 Å². The third kappa shape index (κ3) is 4.55. The normalized spacial score (nSPS) is 20.0. The summed E-state index contributed by atoms with van der Waals surface area (Å²) in [6, 6.07) is 16.2. The van der Waals surface area contributed by atoms with Gasteiger partial charge in [0.25, 0.3) is 0 Å². The molecule has 0 N–H and O–H groups in total. The molecular weight excluding hydrogens is 466 g/mol. The molecule has 4 aromatic rings. The van der Waals surface area contributed by atoms with Crippen molar-refractivity contribution in [3.8, 4) is 11.5 Å². The summed E-state index contributed by atoms with van der Waals surface area (Å²) in [7, 11) is 0. The van der Waals surface area contributed by atoms with Crippen LogP contribution in [0.3, 0.4) is 0 Å². The Morgan fingerprint density at radius 1 is 1.03 bits per heavy atom. The van der Waals surface area contributed by atoms with E-state index < -0.39 is 0 Å². The van der Waals surface area contributed by atoms with Crippen molar-refractivity contribution in [3.05, 3.63) is 70.0 Å². The molecule has 2 unspecified atom stereocenters. The van der Waals surface area contributed by atoms with Crippen molar-refractivity contribution in [1.82, 2.24) is 14.5 Å². The topological polar surface area (TPSA) is 64.8 Å². The highest BCUT2D eigenvalue weighted by Crippen LogP contribution is 2.44. The van der Waals surface area contributed by atoms with Crippen LogP contribution in [-0.4, -0.2) is 26.1 Å². The highest BCUT2D eigenvalue weighted by molar-refractivity contribution is 7.14. The van der Waals surface area contributed by atoms with Crippen LogP contribution in [-0.2, 0) is 0 Å². The fourth-order valence-corrected chi connectivity index (χ4v) is 6.78. The number of fused-ring (bicyclic) bond motifs is 1. The first kappa shape index (κ1) is 23.3. The molecule has 0 aliphatic heterocycles. The lowest BCUT2D eigenvalue weighted by Crippen LogP contribution is -2.22. The van der Waals surface area contributed by atoms with Crippen LogP contribution in [0, 0.1) is 5.92 Å². The number of hydrogen-bond donors (Lipinski definition) is 0. The van der Waals surface area contributed by atoms with E-state index in [1.54, 1.807) is 17.5 Å². The predicted molar refractivity (Wildman–Crippen MR) is 144 cm³/mol. The number of nitrogens with zero attached hydrogens (tertiary/aromatic N) is 3. The van der Waals surface area contributed by atoms with E-state index in [0.717, 1.165) is 53.1 Å². The molecule has 5 nitrogen and oxygen atoms in total. The van der Waals surface area contributed by atoms with Crippen LogP contribution in [0.1, 0.15) is 95.2 Å². The molecule has 2 fully saturated rings. The number of rotatable bonds is 8. The Labute approximate surface area is 215 Å². The number of benzene rings is 1. The summed E-state index contributed by atoms with van der Waals surface area (Å²) in [6.07, 6.45) is 9.60. The minimum atomic E-state index is 0.125. The Morgan fingerprint density at radius 3 is 2.69 bits per heavy atom. The molecular formula is C30H31N3O2S. The van der Waals surface area contributed by atoms with Gasteiger partial charge >= 0.3 is 0 Å². The van der Waals surface area contributed by atoms with Crippen molar-refractivity contribution in [2.75, 3.05) is 0 Å². The highest BCUT2D eigenvalue weighted by atomic mass is 32.1. The summed E-state index contributed by atoms with van der Waals surface area (Å²) in [5.41, 5.74) is 3.41. The first-order chi connectivity index (χ1) is 17.6. The maximum absolute atomic E-state index is 13.1. The van der Waals surface area contributed by atoms with E-state index in [-0.39, 0.29) is 11.8 Å². The quantitative estimate of drug-likeness (QED) is 0.235. The van der Waals surface area contributed by atoms with Crippen LogP contribution in [0.2, 0.25) is 0 Å². The Kier molecular flexibility index (Phi) is 6.30. The Hall–Kier alpha value is -3.12. The summed E-state index contributed by atoms with van der Waals surface area (Å²) in [5, 5.41) is 0. The van der Waals surface area contributed by atoms with E-state index in [1.807, 2.05) is 49.4 Å². The maximum Gasteiger partial charge on any atom is 0.173 e. The SMILES string of the molecule is CCC(=O)c1ccc2c(c1)nc(-c1ccccn1)n2C1CCCC(CC(=O)c2ccc(C3CC3)s2)C1. The van der Waals surface area contributed by atoms with E-state index in [1.165, 1.54) is 17.7 Å². The Bertz CT molecular complexity index is 1420. The third-order valence-electron chi connectivity index (χ3n) is 7.70. The molecule has 3 heterocycles. The van der Waals surface area contributed by atoms with Crippen LogP contribution in [0.15, 0.2) is 54.7 Å². The molecule has 2 aliphatic rings. The van der Waals surface area contributed by atoms with Gasteiger partial charge in [-0.2, -0.15) is 0 Å². The number of pyridine rings is 1. The van der Waals surface area contributed by atoms with Crippen molar-refractivity contribution < 1.29 is 9.59 Å². The van der Waals surface area contributed by atoms with Gasteiger partial charge in [-0.3, -0.25) is 14.6 Å². The second kappa shape index (κ2) is 9.74. The second-order valence-corrected chi connectivity index (χ2v) is 11.4. The minimum absolute atomic E-state index is 0.125. The van der Waals surface area contributed by atoms with Crippen molar-refractivity contribution in [2.24, 2.45) is 5.92 Å². The molecule has 6 heteroatoms. The Morgan fingerprint density at radius 2 is 1.92 bits per heavy atom. The fraction of sp³-hybridized carbons (Fsp3) is 0.400. The standard InChI is InChI=1S/C30H31N3O2S/c1-2-26(34)21-11-12-25-24(18-21)32-30(23-8-3-4-15-31-23)33(25)22-7-5-6-19(16-22)17-27(35)29-14-13-28(36-29)20-9-10-20/h3-4,8,11-15,18-20,22H,2,5-7,9-10,16-17H2,1H3. The molecule has 0 spiro atoms. The van der Waals surface area contributed by atoms with Gasteiger partial charge in [0.15, 0.2) is 17.4 Å². The molecule has 184 valence electrons. The zero-order valence-electron chi connectivity index (χ0n) is 20.7. The molecule has 0 saturated heterocycles. The lowest BCUT2D eigenvalue weighted by atomic mass is 9.82. The number of aromatic nitrogens is 3. The van der Waals surface area contributed by atoms with Crippen molar-refractivity contribution >= 4 is 33.9 Å². The highest BCUT2D eigenvalue weighted by Gasteiger charge is 2.30. The smallest absolute Gasteiger partial charge is 0.173 e. The molecule has 1 aromatic carbocycles. The zero-order chi connectivity index (χ0) is 24.6. The van der Waals surface area contributed by atoms with Gasteiger partial charge in [0.05, 0.1) is 15.9 Å². The van der Waals surface area contributed by atoms with Gasteiger partial charge < -0.3 is 4.57 Å². The van der Waals surface area contributed by atoms with E-state index in [4.69, 9.17) is 4.98 Å². The van der Waals surface area contributed by atoms with Crippen LogP contribution in [0.25, 0.3) is 22.6 Å². The molecule has 2 aliphatic carbocycles. The van der Waals surface area contributed by atoms with Gasteiger partial charge in [-0.05, 0) is 86.4 Å². The number of hydrogen-bond acceptors (Lipinski definition) is 5. The van der Waals surface area contributed by atoms with E-state index >= 15 is 0 Å². The summed E-state index contributed by atoms with van der Waals surface area (Å²) in [6.45, 7) is 1.89.